The van der Waals surface area contributed by atoms with Crippen molar-refractivity contribution < 1.29 is 32.2 Å². The lowest BCUT2D eigenvalue weighted by molar-refractivity contribution is -0.145. The first-order valence-corrected chi connectivity index (χ1v) is 10.1. The molecule has 0 aliphatic carbocycles. The van der Waals surface area contributed by atoms with Gasteiger partial charge in [0.05, 0.1) is 18.8 Å². The molecule has 0 unspecified atom stereocenters. The fourth-order valence-electron chi connectivity index (χ4n) is 2.39. The van der Waals surface area contributed by atoms with E-state index in [1.54, 1.807) is 18.7 Å². The normalized spacial score (nSPS) is 11.2. The molecule has 0 saturated carbocycles. The Morgan fingerprint density at radius 2 is 1.79 bits per heavy atom. The van der Waals surface area contributed by atoms with Crippen LogP contribution in [-0.4, -0.2) is 31.5 Å². The van der Waals surface area contributed by atoms with Crippen LogP contribution < -0.4 is 9.47 Å². The van der Waals surface area contributed by atoms with Crippen molar-refractivity contribution in [2.75, 3.05) is 25.6 Å². The minimum absolute atomic E-state index is 0.123. The number of thioether (sulfide) groups is 1. The second kappa shape index (κ2) is 11.0. The number of carbonyl (C=O) groups excluding carboxylic acids is 1. The molecule has 0 atom stereocenters. The van der Waals surface area contributed by atoms with Gasteiger partial charge in [0, 0.05) is 10.6 Å². The van der Waals surface area contributed by atoms with Gasteiger partial charge in [0.1, 0.15) is 11.5 Å². The molecule has 4 nitrogen and oxygen atoms in total. The zero-order valence-electron chi connectivity index (χ0n) is 16.3. The molecular formula is C21H23F3O4S. The molecule has 0 aliphatic heterocycles. The summed E-state index contributed by atoms with van der Waals surface area (Å²) in [4.78, 5) is 12.4. The van der Waals surface area contributed by atoms with Crippen molar-refractivity contribution in [3.8, 4) is 11.5 Å². The van der Waals surface area contributed by atoms with Crippen molar-refractivity contribution in [3.05, 3.63) is 53.6 Å². The summed E-state index contributed by atoms with van der Waals surface area (Å²) in [6.07, 6.45) is -3.60. The number of benzene rings is 2. The lowest BCUT2D eigenvalue weighted by Gasteiger charge is -2.11. The number of hydrogen-bond donors (Lipinski definition) is 0. The average molecular weight is 428 g/mol. The van der Waals surface area contributed by atoms with Crippen LogP contribution in [0.2, 0.25) is 0 Å². The van der Waals surface area contributed by atoms with Gasteiger partial charge in [-0.15, -0.1) is 11.8 Å². The Morgan fingerprint density at radius 3 is 2.41 bits per heavy atom. The molecule has 29 heavy (non-hydrogen) atoms. The van der Waals surface area contributed by atoms with Gasteiger partial charge in [-0.1, -0.05) is 0 Å². The molecule has 0 aliphatic rings. The molecule has 2 aromatic rings. The number of rotatable bonds is 10. The number of aryl methyl sites for hydroxylation is 1. The van der Waals surface area contributed by atoms with Gasteiger partial charge in [-0.25, -0.2) is 4.79 Å². The van der Waals surface area contributed by atoms with Crippen molar-refractivity contribution in [3.63, 3.8) is 0 Å². The molecular weight excluding hydrogens is 405 g/mol. The highest BCUT2D eigenvalue weighted by Gasteiger charge is 2.29. The Balaban J connectivity index is 1.71. The summed E-state index contributed by atoms with van der Waals surface area (Å²) in [5.74, 6) is 1.44. The summed E-state index contributed by atoms with van der Waals surface area (Å²) >= 11 is 1.64. The van der Waals surface area contributed by atoms with Crippen LogP contribution in [0, 0.1) is 6.92 Å². The highest BCUT2D eigenvalue weighted by atomic mass is 32.2. The number of esters is 1. The maximum Gasteiger partial charge on any atom is 0.416 e. The van der Waals surface area contributed by atoms with Gasteiger partial charge < -0.3 is 14.2 Å². The second-order valence-corrected chi connectivity index (χ2v) is 7.26. The van der Waals surface area contributed by atoms with Gasteiger partial charge in [-0.2, -0.15) is 13.2 Å². The molecule has 0 saturated heterocycles. The SMILES string of the molecule is CCOC(=O)COc1ccc(SCCCOc2ccc(C(F)(F)F)cc2)cc1C. The second-order valence-electron chi connectivity index (χ2n) is 6.09. The number of hydrogen-bond acceptors (Lipinski definition) is 5. The van der Waals surface area contributed by atoms with E-state index >= 15 is 0 Å². The molecule has 0 radical (unpaired) electrons. The largest absolute Gasteiger partial charge is 0.494 e. The Bertz CT molecular complexity index is 792. The van der Waals surface area contributed by atoms with Crippen LogP contribution in [0.3, 0.4) is 0 Å². The van der Waals surface area contributed by atoms with E-state index in [0.29, 0.717) is 24.7 Å². The van der Waals surface area contributed by atoms with E-state index in [2.05, 4.69) is 0 Å². The summed E-state index contributed by atoms with van der Waals surface area (Å²) in [7, 11) is 0. The number of ether oxygens (including phenoxy) is 3. The highest BCUT2D eigenvalue weighted by Crippen LogP contribution is 2.30. The smallest absolute Gasteiger partial charge is 0.416 e. The summed E-state index contributed by atoms with van der Waals surface area (Å²) < 4.78 is 53.3. The van der Waals surface area contributed by atoms with E-state index in [9.17, 15) is 18.0 Å². The summed E-state index contributed by atoms with van der Waals surface area (Å²) in [6.45, 7) is 4.25. The third kappa shape index (κ3) is 7.89. The molecule has 0 heterocycles. The molecule has 8 heteroatoms. The molecule has 0 aromatic heterocycles. The van der Waals surface area contributed by atoms with Crippen molar-refractivity contribution in [2.24, 2.45) is 0 Å². The van der Waals surface area contributed by atoms with Crippen LogP contribution in [0.5, 0.6) is 11.5 Å². The first kappa shape index (κ1) is 22.9. The number of carbonyl (C=O) groups is 1. The van der Waals surface area contributed by atoms with Crippen molar-refractivity contribution >= 4 is 17.7 Å². The van der Waals surface area contributed by atoms with Gasteiger partial charge >= 0.3 is 12.1 Å². The van der Waals surface area contributed by atoms with E-state index in [0.717, 1.165) is 34.8 Å². The van der Waals surface area contributed by atoms with Crippen LogP contribution in [0.1, 0.15) is 24.5 Å². The predicted molar refractivity (Wildman–Crippen MR) is 106 cm³/mol. The Hall–Kier alpha value is -2.35. The van der Waals surface area contributed by atoms with E-state index in [4.69, 9.17) is 14.2 Å². The lowest BCUT2D eigenvalue weighted by atomic mass is 10.2. The van der Waals surface area contributed by atoms with E-state index in [-0.39, 0.29) is 6.61 Å². The maximum absolute atomic E-state index is 12.5. The quantitative estimate of drug-likeness (QED) is 0.283. The minimum Gasteiger partial charge on any atom is -0.494 e. The van der Waals surface area contributed by atoms with Crippen LogP contribution >= 0.6 is 11.8 Å². The Labute approximate surface area is 172 Å². The fourth-order valence-corrected chi connectivity index (χ4v) is 3.31. The molecule has 0 fully saturated rings. The Kier molecular flexibility index (Phi) is 8.70. The number of halogens is 3. The van der Waals surface area contributed by atoms with Gasteiger partial charge in [-0.3, -0.25) is 0 Å². The summed E-state index contributed by atoms with van der Waals surface area (Å²) in [6, 6.07) is 10.4. The van der Waals surface area contributed by atoms with Crippen LogP contribution in [-0.2, 0) is 15.7 Å². The highest BCUT2D eigenvalue weighted by molar-refractivity contribution is 7.99. The van der Waals surface area contributed by atoms with Crippen LogP contribution in [0.25, 0.3) is 0 Å². The van der Waals surface area contributed by atoms with Gasteiger partial charge in [0.15, 0.2) is 6.61 Å². The van der Waals surface area contributed by atoms with Gasteiger partial charge in [-0.05, 0) is 68.3 Å². The predicted octanol–water partition coefficient (Wildman–Crippen LogP) is 5.52. The molecule has 0 spiro atoms. The maximum atomic E-state index is 12.5. The van der Waals surface area contributed by atoms with Crippen LogP contribution in [0.4, 0.5) is 13.2 Å². The molecule has 0 amide bonds. The van der Waals surface area contributed by atoms with Gasteiger partial charge in [0.2, 0.25) is 0 Å². The molecule has 0 N–H and O–H groups in total. The Morgan fingerprint density at radius 1 is 1.07 bits per heavy atom. The zero-order chi connectivity index (χ0) is 21.3. The van der Waals surface area contributed by atoms with Crippen molar-refractivity contribution in [1.29, 1.82) is 0 Å². The standard InChI is InChI=1S/C21H23F3O4S/c1-3-26-20(25)14-28-19-10-9-18(13-15(19)2)29-12-4-11-27-17-7-5-16(6-8-17)21(22,23)24/h5-10,13H,3-4,11-12,14H2,1-2H3. The lowest BCUT2D eigenvalue weighted by Crippen LogP contribution is -2.14. The van der Waals surface area contributed by atoms with Crippen molar-refractivity contribution in [1.82, 2.24) is 0 Å². The van der Waals surface area contributed by atoms with E-state index in [1.165, 1.54) is 12.1 Å². The van der Waals surface area contributed by atoms with Crippen molar-refractivity contribution in [2.45, 2.75) is 31.3 Å². The topological polar surface area (TPSA) is 44.8 Å². The first-order valence-electron chi connectivity index (χ1n) is 9.11. The third-order valence-corrected chi connectivity index (χ3v) is 4.89. The van der Waals surface area contributed by atoms with E-state index in [1.807, 2.05) is 25.1 Å². The molecule has 2 aromatic carbocycles. The zero-order valence-corrected chi connectivity index (χ0v) is 17.1. The minimum atomic E-state index is -4.34. The first-order chi connectivity index (χ1) is 13.8. The average Bonchev–Trinajstić information content (AvgIpc) is 2.67. The van der Waals surface area contributed by atoms with Crippen LogP contribution in [0.15, 0.2) is 47.4 Å². The monoisotopic (exact) mass is 428 g/mol. The summed E-state index contributed by atoms with van der Waals surface area (Å²) in [5, 5.41) is 0. The fraction of sp³-hybridized carbons (Fsp3) is 0.381. The molecule has 158 valence electrons. The van der Waals surface area contributed by atoms with E-state index < -0.39 is 17.7 Å². The molecule has 2 rings (SSSR count). The summed E-state index contributed by atoms with van der Waals surface area (Å²) in [5.41, 5.74) is 0.228. The number of alkyl halides is 3. The van der Waals surface area contributed by atoms with Gasteiger partial charge in [0.25, 0.3) is 0 Å². The third-order valence-electron chi connectivity index (χ3n) is 3.81. The molecule has 0 bridgehead atoms.